The first-order chi connectivity index (χ1) is 10.7. The summed E-state index contributed by atoms with van der Waals surface area (Å²) in [5.41, 5.74) is 7.49. The van der Waals surface area contributed by atoms with E-state index in [1.807, 2.05) is 19.0 Å². The lowest BCUT2D eigenvalue weighted by Gasteiger charge is -2.22. The first-order valence-corrected chi connectivity index (χ1v) is 7.80. The molecule has 1 aromatic carbocycles. The highest BCUT2D eigenvalue weighted by Gasteiger charge is 2.19. The summed E-state index contributed by atoms with van der Waals surface area (Å²) >= 11 is 0. The van der Waals surface area contributed by atoms with Gasteiger partial charge in [0.05, 0.1) is 11.4 Å². The summed E-state index contributed by atoms with van der Waals surface area (Å²) in [5.74, 6) is 0.784. The van der Waals surface area contributed by atoms with Gasteiger partial charge in [-0.15, -0.1) is 0 Å². The lowest BCUT2D eigenvalue weighted by Crippen LogP contribution is -2.27. The van der Waals surface area contributed by atoms with Crippen LogP contribution in [0.5, 0.6) is 0 Å². The van der Waals surface area contributed by atoms with Gasteiger partial charge in [0.15, 0.2) is 0 Å². The van der Waals surface area contributed by atoms with Gasteiger partial charge in [-0.2, -0.15) is 0 Å². The second-order valence-corrected chi connectivity index (χ2v) is 6.13. The molecule has 0 bridgehead atoms. The van der Waals surface area contributed by atoms with Crippen LogP contribution in [0.1, 0.15) is 23.2 Å². The summed E-state index contributed by atoms with van der Waals surface area (Å²) in [6.07, 6.45) is 4.39. The van der Waals surface area contributed by atoms with Gasteiger partial charge in [0.1, 0.15) is 0 Å². The number of aromatic nitrogens is 2. The van der Waals surface area contributed by atoms with Crippen LogP contribution in [-0.2, 0) is 13.0 Å². The third kappa shape index (κ3) is 2.40. The predicted octanol–water partition coefficient (Wildman–Crippen LogP) is 2.64. The van der Waals surface area contributed by atoms with Crippen molar-refractivity contribution in [3.8, 4) is 11.3 Å². The summed E-state index contributed by atoms with van der Waals surface area (Å²) < 4.78 is 0. The van der Waals surface area contributed by atoms with Crippen molar-refractivity contribution in [2.24, 2.45) is 0 Å². The highest BCUT2D eigenvalue weighted by atomic mass is 15.2. The average Bonchev–Trinajstić information content (AvgIpc) is 3.39. The predicted molar refractivity (Wildman–Crippen MR) is 89.8 cm³/mol. The molecule has 0 amide bonds. The Morgan fingerprint density at radius 2 is 1.77 bits per heavy atom. The normalized spacial score (nSPS) is 16.0. The van der Waals surface area contributed by atoms with Crippen molar-refractivity contribution in [3.63, 3.8) is 0 Å². The molecule has 0 atom stereocenters. The average molecular weight is 292 g/mol. The highest BCUT2D eigenvalue weighted by molar-refractivity contribution is 5.79. The zero-order valence-corrected chi connectivity index (χ0v) is 13.1. The molecule has 1 aliphatic heterocycles. The van der Waals surface area contributed by atoms with Crippen molar-refractivity contribution in [1.82, 2.24) is 15.3 Å². The van der Waals surface area contributed by atoms with Crippen molar-refractivity contribution < 1.29 is 0 Å². The molecule has 0 unspecified atom stereocenters. The summed E-state index contributed by atoms with van der Waals surface area (Å²) in [5, 5.41) is 3.40. The van der Waals surface area contributed by atoms with Crippen molar-refractivity contribution >= 4 is 11.5 Å². The van der Waals surface area contributed by atoms with Gasteiger partial charge in [0.2, 0.25) is 5.95 Å². The Hall–Kier alpha value is -2.20. The van der Waals surface area contributed by atoms with E-state index in [0.717, 1.165) is 43.3 Å². The number of fused-ring (bicyclic) bond motifs is 1. The monoisotopic (exact) mass is 292 g/mol. The van der Waals surface area contributed by atoms with Crippen molar-refractivity contribution in [2.75, 3.05) is 25.5 Å². The SMILES string of the molecule is CN(C)c1nc2c(c(-c3ccc(C4=CC4)cc3)n1)CCNC2. The van der Waals surface area contributed by atoms with Gasteiger partial charge in [-0.1, -0.05) is 30.3 Å². The highest BCUT2D eigenvalue weighted by Crippen LogP contribution is 2.33. The van der Waals surface area contributed by atoms with Gasteiger partial charge in [0.25, 0.3) is 0 Å². The minimum atomic E-state index is 0.784. The minimum absolute atomic E-state index is 0.784. The zero-order chi connectivity index (χ0) is 15.1. The Labute approximate surface area is 130 Å². The molecule has 0 spiro atoms. The first-order valence-electron chi connectivity index (χ1n) is 7.80. The van der Waals surface area contributed by atoms with E-state index in [9.17, 15) is 0 Å². The van der Waals surface area contributed by atoms with E-state index in [1.165, 1.54) is 22.3 Å². The quantitative estimate of drug-likeness (QED) is 0.944. The first kappa shape index (κ1) is 13.5. The van der Waals surface area contributed by atoms with Crippen molar-refractivity contribution in [2.45, 2.75) is 19.4 Å². The number of hydrogen-bond donors (Lipinski definition) is 1. The molecule has 2 heterocycles. The Balaban J connectivity index is 1.81. The Kier molecular flexibility index (Phi) is 3.19. The van der Waals surface area contributed by atoms with Crippen molar-refractivity contribution in [3.05, 3.63) is 47.2 Å². The Morgan fingerprint density at radius 3 is 2.45 bits per heavy atom. The lowest BCUT2D eigenvalue weighted by atomic mass is 9.98. The van der Waals surface area contributed by atoms with Crippen LogP contribution in [0.2, 0.25) is 0 Å². The fraction of sp³-hybridized carbons (Fsp3) is 0.333. The third-order valence-electron chi connectivity index (χ3n) is 4.26. The van der Waals surface area contributed by atoms with E-state index in [0.29, 0.717) is 0 Å². The maximum atomic E-state index is 4.82. The maximum Gasteiger partial charge on any atom is 0.225 e. The standard InChI is InChI=1S/C18H20N4/c1-22(2)18-20-16-11-19-10-9-15(16)17(21-18)14-7-5-13(6-8-14)12-3-4-12/h3,5-8,19H,4,9-11H2,1-2H3. The fourth-order valence-corrected chi connectivity index (χ4v) is 2.91. The molecular weight excluding hydrogens is 272 g/mol. The lowest BCUT2D eigenvalue weighted by molar-refractivity contribution is 0.624. The number of benzene rings is 1. The zero-order valence-electron chi connectivity index (χ0n) is 13.1. The molecule has 1 N–H and O–H groups in total. The molecule has 2 aliphatic rings. The van der Waals surface area contributed by atoms with Crippen LogP contribution in [0.15, 0.2) is 30.3 Å². The molecule has 22 heavy (non-hydrogen) atoms. The Bertz CT molecular complexity index is 744. The van der Waals surface area contributed by atoms with Crippen LogP contribution in [0, 0.1) is 0 Å². The largest absolute Gasteiger partial charge is 0.347 e. The van der Waals surface area contributed by atoms with Crippen LogP contribution in [0.4, 0.5) is 5.95 Å². The molecule has 4 rings (SSSR count). The maximum absolute atomic E-state index is 4.82. The van der Waals surface area contributed by atoms with E-state index in [1.54, 1.807) is 0 Å². The topological polar surface area (TPSA) is 41.1 Å². The van der Waals surface area contributed by atoms with Gasteiger partial charge in [-0.3, -0.25) is 0 Å². The number of anilines is 1. The van der Waals surface area contributed by atoms with E-state index in [-0.39, 0.29) is 0 Å². The smallest absolute Gasteiger partial charge is 0.225 e. The molecule has 112 valence electrons. The van der Waals surface area contributed by atoms with Gasteiger partial charge in [-0.05, 0) is 30.5 Å². The molecule has 2 aromatic rings. The molecule has 4 nitrogen and oxygen atoms in total. The third-order valence-corrected chi connectivity index (χ3v) is 4.26. The molecular formula is C18H20N4. The van der Waals surface area contributed by atoms with Crippen LogP contribution < -0.4 is 10.2 Å². The van der Waals surface area contributed by atoms with Gasteiger partial charge < -0.3 is 10.2 Å². The molecule has 0 fully saturated rings. The van der Waals surface area contributed by atoms with Gasteiger partial charge in [0, 0.05) is 31.8 Å². The van der Waals surface area contributed by atoms with Gasteiger partial charge in [-0.25, -0.2) is 9.97 Å². The van der Waals surface area contributed by atoms with Gasteiger partial charge >= 0.3 is 0 Å². The van der Waals surface area contributed by atoms with E-state index in [2.05, 4.69) is 35.7 Å². The molecule has 0 saturated carbocycles. The summed E-state index contributed by atoms with van der Waals surface area (Å²) in [4.78, 5) is 11.5. The summed E-state index contributed by atoms with van der Waals surface area (Å²) in [6, 6.07) is 8.80. The van der Waals surface area contributed by atoms with Crippen LogP contribution in [0.3, 0.4) is 0 Å². The van der Waals surface area contributed by atoms with E-state index in [4.69, 9.17) is 9.97 Å². The van der Waals surface area contributed by atoms with E-state index >= 15 is 0 Å². The van der Waals surface area contributed by atoms with Crippen LogP contribution >= 0.6 is 0 Å². The molecule has 0 saturated heterocycles. The molecule has 1 aromatic heterocycles. The molecule has 4 heteroatoms. The van der Waals surface area contributed by atoms with E-state index < -0.39 is 0 Å². The summed E-state index contributed by atoms with van der Waals surface area (Å²) in [6.45, 7) is 1.83. The number of nitrogens with one attached hydrogen (secondary N) is 1. The molecule has 0 radical (unpaired) electrons. The minimum Gasteiger partial charge on any atom is -0.347 e. The van der Waals surface area contributed by atoms with Crippen LogP contribution in [0.25, 0.3) is 16.8 Å². The number of nitrogens with zero attached hydrogens (tertiary/aromatic N) is 3. The van der Waals surface area contributed by atoms with Crippen molar-refractivity contribution in [1.29, 1.82) is 0 Å². The number of allylic oxidation sites excluding steroid dienone is 2. The number of rotatable bonds is 3. The van der Waals surface area contributed by atoms with Crippen LogP contribution in [-0.4, -0.2) is 30.6 Å². The summed E-state index contributed by atoms with van der Waals surface area (Å²) in [7, 11) is 3.98. The number of hydrogen-bond acceptors (Lipinski definition) is 4. The fourth-order valence-electron chi connectivity index (χ4n) is 2.91. The second-order valence-electron chi connectivity index (χ2n) is 6.13. The second kappa shape index (κ2) is 5.21. The Morgan fingerprint density at radius 1 is 1.05 bits per heavy atom. The molecule has 1 aliphatic carbocycles.